The second kappa shape index (κ2) is 8.68. The fourth-order valence-corrected chi connectivity index (χ4v) is 2.76. The Morgan fingerprint density at radius 3 is 2.00 bits per heavy atom. The number of alkyl halides is 6. The van der Waals surface area contributed by atoms with Gasteiger partial charge in [-0.2, -0.15) is 26.3 Å². The van der Waals surface area contributed by atoms with E-state index in [1.54, 1.807) is 0 Å². The van der Waals surface area contributed by atoms with E-state index in [4.69, 9.17) is 4.74 Å². The summed E-state index contributed by atoms with van der Waals surface area (Å²) in [7, 11) is 1.05. The van der Waals surface area contributed by atoms with Crippen molar-refractivity contribution in [2.24, 2.45) is 0 Å². The van der Waals surface area contributed by atoms with Crippen LogP contribution in [0.2, 0.25) is 0 Å². The quantitative estimate of drug-likeness (QED) is 0.570. The molecule has 168 valence electrons. The van der Waals surface area contributed by atoms with Gasteiger partial charge in [-0.25, -0.2) is 4.79 Å². The largest absolute Gasteiger partial charge is 0.468 e. The van der Waals surface area contributed by atoms with Gasteiger partial charge in [-0.1, -0.05) is 12.1 Å². The van der Waals surface area contributed by atoms with Crippen molar-refractivity contribution in [1.29, 1.82) is 0 Å². The molecule has 2 rings (SSSR count). The van der Waals surface area contributed by atoms with E-state index in [1.807, 2.05) is 0 Å². The molecular formula is C17H18F6N2O5. The maximum atomic E-state index is 13.0. The number of anilines is 1. The normalized spacial score (nSPS) is 15.7. The Hall–Kier alpha value is -2.54. The lowest BCUT2D eigenvalue weighted by molar-refractivity contribution is -0.376. The Kier molecular flexibility index (Phi) is 6.87. The zero-order valence-corrected chi connectivity index (χ0v) is 15.6. The molecule has 1 N–H and O–H groups in total. The molecule has 0 aromatic heterocycles. The van der Waals surface area contributed by atoms with Crippen LogP contribution in [0.5, 0.6) is 0 Å². The summed E-state index contributed by atoms with van der Waals surface area (Å²) in [5.74, 6) is -0.859. The predicted molar refractivity (Wildman–Crippen MR) is 89.6 cm³/mol. The number of carbonyl (C=O) groups is 2. The van der Waals surface area contributed by atoms with Crippen LogP contribution in [0.25, 0.3) is 0 Å². The molecule has 1 saturated heterocycles. The van der Waals surface area contributed by atoms with Crippen molar-refractivity contribution in [2.75, 3.05) is 44.9 Å². The van der Waals surface area contributed by atoms with Gasteiger partial charge in [0.1, 0.15) is 6.54 Å². The number of esters is 1. The fourth-order valence-electron chi connectivity index (χ4n) is 2.76. The van der Waals surface area contributed by atoms with Crippen molar-refractivity contribution < 1.29 is 50.5 Å². The number of urea groups is 1. The third kappa shape index (κ3) is 4.61. The molecule has 7 nitrogen and oxygen atoms in total. The van der Waals surface area contributed by atoms with E-state index in [2.05, 4.69) is 4.74 Å². The Labute approximate surface area is 166 Å². The Bertz CT molecular complexity index is 745. The summed E-state index contributed by atoms with van der Waals surface area (Å²) in [5.41, 5.74) is -6.74. The highest BCUT2D eigenvalue weighted by atomic mass is 19.4. The molecule has 0 atom stereocenters. The smallest absolute Gasteiger partial charge is 0.430 e. The summed E-state index contributed by atoms with van der Waals surface area (Å²) >= 11 is 0. The van der Waals surface area contributed by atoms with Crippen LogP contribution in [-0.2, 0) is 19.9 Å². The minimum absolute atomic E-state index is 0.160. The van der Waals surface area contributed by atoms with Gasteiger partial charge >= 0.3 is 24.4 Å². The second-order valence-corrected chi connectivity index (χ2v) is 6.30. The number of hydrogen-bond donors (Lipinski definition) is 1. The van der Waals surface area contributed by atoms with Crippen LogP contribution in [0, 0.1) is 0 Å². The van der Waals surface area contributed by atoms with E-state index in [0.29, 0.717) is 12.1 Å². The first kappa shape index (κ1) is 23.7. The van der Waals surface area contributed by atoms with Crippen molar-refractivity contribution >= 4 is 17.7 Å². The molecule has 0 unspecified atom stereocenters. The zero-order chi connectivity index (χ0) is 22.7. The maximum Gasteiger partial charge on any atom is 0.430 e. The number of methoxy groups -OCH3 is 1. The summed E-state index contributed by atoms with van der Waals surface area (Å²) in [5, 5.41) is 9.45. The van der Waals surface area contributed by atoms with Gasteiger partial charge in [0, 0.05) is 24.3 Å². The van der Waals surface area contributed by atoms with Gasteiger partial charge in [0.25, 0.3) is 5.60 Å². The molecule has 2 amide bonds. The molecule has 0 bridgehead atoms. The van der Waals surface area contributed by atoms with E-state index in [0.717, 1.165) is 24.1 Å². The molecule has 30 heavy (non-hydrogen) atoms. The van der Waals surface area contributed by atoms with Crippen LogP contribution in [0.15, 0.2) is 24.3 Å². The van der Waals surface area contributed by atoms with Gasteiger partial charge in [0.15, 0.2) is 0 Å². The first-order valence-corrected chi connectivity index (χ1v) is 8.50. The number of benzene rings is 1. The first-order valence-electron chi connectivity index (χ1n) is 8.50. The van der Waals surface area contributed by atoms with Crippen LogP contribution in [0.3, 0.4) is 0 Å². The molecular weight excluding hydrogens is 426 g/mol. The van der Waals surface area contributed by atoms with Crippen molar-refractivity contribution in [2.45, 2.75) is 18.0 Å². The number of aliphatic hydroxyl groups is 1. The monoisotopic (exact) mass is 444 g/mol. The third-order valence-corrected chi connectivity index (χ3v) is 4.44. The lowest BCUT2D eigenvalue weighted by atomic mass is 9.92. The van der Waals surface area contributed by atoms with Gasteiger partial charge in [0.2, 0.25) is 0 Å². The average Bonchev–Trinajstić information content (AvgIpc) is 2.69. The number of carbonyl (C=O) groups excluding carboxylic acids is 2. The lowest BCUT2D eigenvalue weighted by Gasteiger charge is -2.34. The molecule has 13 heteroatoms. The number of morpholine rings is 1. The van der Waals surface area contributed by atoms with Crippen LogP contribution in [0.1, 0.15) is 5.56 Å². The van der Waals surface area contributed by atoms with Crippen LogP contribution in [0.4, 0.5) is 36.8 Å². The molecule has 1 fully saturated rings. The molecule has 1 aromatic carbocycles. The standard InChI is InChI=1S/C17H18F6N2O5/c1-29-13(26)10-25(14(27)24-6-8-30-9-7-24)12-4-2-11(3-5-12)15(28,16(18,19)20)17(21,22)23/h2-5,28H,6-10H2,1H3. The molecule has 1 aliphatic rings. The van der Waals surface area contributed by atoms with Gasteiger partial charge in [-0.3, -0.25) is 9.69 Å². The molecule has 0 spiro atoms. The third-order valence-electron chi connectivity index (χ3n) is 4.44. The Balaban J connectivity index is 2.41. The second-order valence-electron chi connectivity index (χ2n) is 6.30. The van der Waals surface area contributed by atoms with Gasteiger partial charge < -0.3 is 19.5 Å². The average molecular weight is 444 g/mol. The van der Waals surface area contributed by atoms with E-state index in [-0.39, 0.29) is 32.0 Å². The summed E-state index contributed by atoms with van der Waals surface area (Å²) in [6.45, 7) is 0.170. The number of nitrogens with zero attached hydrogens (tertiary/aromatic N) is 2. The van der Waals surface area contributed by atoms with Crippen LogP contribution in [-0.4, -0.2) is 74.3 Å². The summed E-state index contributed by atoms with van der Waals surface area (Å²) in [4.78, 5) is 26.6. The van der Waals surface area contributed by atoms with Crippen molar-refractivity contribution in [3.05, 3.63) is 29.8 Å². The number of ether oxygens (including phenoxy) is 2. The predicted octanol–water partition coefficient (Wildman–Crippen LogP) is 2.43. The van der Waals surface area contributed by atoms with Crippen molar-refractivity contribution in [1.82, 2.24) is 4.90 Å². The zero-order valence-electron chi connectivity index (χ0n) is 15.6. The van der Waals surface area contributed by atoms with Gasteiger partial charge in [-0.15, -0.1) is 0 Å². The van der Waals surface area contributed by atoms with E-state index in [1.165, 1.54) is 4.90 Å². The number of halogens is 6. The number of rotatable bonds is 4. The van der Waals surface area contributed by atoms with Crippen molar-refractivity contribution in [3.63, 3.8) is 0 Å². The summed E-state index contributed by atoms with van der Waals surface area (Å²) < 4.78 is 87.7. The topological polar surface area (TPSA) is 79.3 Å². The van der Waals surface area contributed by atoms with Gasteiger partial charge in [-0.05, 0) is 12.1 Å². The highest BCUT2D eigenvalue weighted by molar-refractivity contribution is 5.96. The number of amides is 2. The highest BCUT2D eigenvalue weighted by Crippen LogP contribution is 2.50. The van der Waals surface area contributed by atoms with Crippen molar-refractivity contribution in [3.8, 4) is 0 Å². The molecule has 0 radical (unpaired) electrons. The lowest BCUT2D eigenvalue weighted by Crippen LogP contribution is -2.54. The van der Waals surface area contributed by atoms with Crippen LogP contribution >= 0.6 is 0 Å². The minimum Gasteiger partial charge on any atom is -0.468 e. The van der Waals surface area contributed by atoms with E-state index >= 15 is 0 Å². The Morgan fingerprint density at radius 1 is 1.07 bits per heavy atom. The van der Waals surface area contributed by atoms with Gasteiger partial charge in [0.05, 0.1) is 20.3 Å². The molecule has 0 aliphatic carbocycles. The summed E-state index contributed by atoms with van der Waals surface area (Å²) in [6, 6.07) is 1.64. The Morgan fingerprint density at radius 2 is 1.57 bits per heavy atom. The minimum atomic E-state index is -6.04. The highest BCUT2D eigenvalue weighted by Gasteiger charge is 2.71. The van der Waals surface area contributed by atoms with E-state index < -0.39 is 42.1 Å². The first-order chi connectivity index (χ1) is 13.8. The SMILES string of the molecule is COC(=O)CN(C(=O)N1CCOCC1)c1ccc(C(O)(C(F)(F)F)C(F)(F)F)cc1. The maximum absolute atomic E-state index is 13.0. The summed E-state index contributed by atoms with van der Waals surface area (Å²) in [6.07, 6.45) is -12.1. The van der Waals surface area contributed by atoms with E-state index in [9.17, 15) is 41.0 Å². The fraction of sp³-hybridized carbons (Fsp3) is 0.529. The molecule has 1 aromatic rings. The number of hydrogen-bond acceptors (Lipinski definition) is 5. The molecule has 1 aliphatic heterocycles. The molecule has 0 saturated carbocycles. The molecule has 1 heterocycles. The van der Waals surface area contributed by atoms with Crippen LogP contribution < -0.4 is 4.90 Å².